The van der Waals surface area contributed by atoms with Crippen LogP contribution in [0.5, 0.6) is 0 Å². The van der Waals surface area contributed by atoms with Crippen LogP contribution in [0.4, 0.5) is 5.69 Å². The van der Waals surface area contributed by atoms with E-state index < -0.39 is 16.6 Å². The Morgan fingerprint density at radius 3 is 2.57 bits per heavy atom. The number of rotatable bonds is 4. The normalized spacial score (nSPS) is 11.4. The minimum atomic E-state index is -1.01. The van der Waals surface area contributed by atoms with E-state index in [0.29, 0.717) is 11.1 Å². The number of aryl methyl sites for hydroxylation is 1. The van der Waals surface area contributed by atoms with Gasteiger partial charge in [0, 0.05) is 30.1 Å². The van der Waals surface area contributed by atoms with Crippen molar-refractivity contribution in [3.63, 3.8) is 0 Å². The number of nitro benzene ring substituents is 1. The Kier molecular flexibility index (Phi) is 4.05. The van der Waals surface area contributed by atoms with E-state index in [2.05, 4.69) is 4.98 Å². The number of nitriles is 1. The molecule has 0 saturated carbocycles. The average Bonchev–Trinajstić information content (AvgIpc) is 2.48. The smallest absolute Gasteiger partial charge is 0.270 e. The number of aromatic nitrogens is 1. The first-order valence-electron chi connectivity index (χ1n) is 6.12. The molecule has 6 nitrogen and oxygen atoms in total. The molecule has 0 aliphatic carbocycles. The minimum Gasteiger partial charge on any atom is -0.292 e. The molecule has 0 aliphatic heterocycles. The maximum Gasteiger partial charge on any atom is 0.270 e. The summed E-state index contributed by atoms with van der Waals surface area (Å²) in [6.07, 6.45) is 2.98. The summed E-state index contributed by atoms with van der Waals surface area (Å²) in [5.41, 5.74) is 1.11. The van der Waals surface area contributed by atoms with E-state index in [1.54, 1.807) is 25.1 Å². The van der Waals surface area contributed by atoms with E-state index in [4.69, 9.17) is 0 Å². The monoisotopic (exact) mass is 281 g/mol. The molecule has 0 amide bonds. The number of ketones is 1. The highest BCUT2D eigenvalue weighted by molar-refractivity contribution is 6.03. The molecule has 21 heavy (non-hydrogen) atoms. The Bertz CT molecular complexity index is 736. The van der Waals surface area contributed by atoms with Crippen molar-refractivity contribution in [1.29, 1.82) is 5.26 Å². The van der Waals surface area contributed by atoms with Crippen LogP contribution in [0.25, 0.3) is 0 Å². The molecule has 0 fully saturated rings. The third kappa shape index (κ3) is 3.09. The maximum atomic E-state index is 12.4. The number of nitrogens with zero attached hydrogens (tertiary/aromatic N) is 3. The summed E-state index contributed by atoms with van der Waals surface area (Å²) in [4.78, 5) is 26.6. The average molecular weight is 281 g/mol. The van der Waals surface area contributed by atoms with Gasteiger partial charge in [0.2, 0.25) is 0 Å². The molecule has 104 valence electrons. The summed E-state index contributed by atoms with van der Waals surface area (Å²) in [5.74, 6) is -1.47. The number of nitro groups is 1. The minimum absolute atomic E-state index is 0.157. The SMILES string of the molecule is Cc1cc(C(=O)C(C#N)c2ccncc2)cc([N+](=O)[O-])c1. The summed E-state index contributed by atoms with van der Waals surface area (Å²) < 4.78 is 0. The number of non-ortho nitro benzene ring substituents is 1. The molecule has 1 atom stereocenters. The van der Waals surface area contributed by atoms with Crippen LogP contribution < -0.4 is 0 Å². The number of hydrogen-bond acceptors (Lipinski definition) is 5. The molecular weight excluding hydrogens is 270 g/mol. The summed E-state index contributed by atoms with van der Waals surface area (Å²) in [6, 6.07) is 9.21. The van der Waals surface area contributed by atoms with Crippen LogP contribution in [0, 0.1) is 28.4 Å². The number of hydrogen-bond donors (Lipinski definition) is 0. The van der Waals surface area contributed by atoms with Crippen LogP contribution >= 0.6 is 0 Å². The first-order valence-corrected chi connectivity index (χ1v) is 6.12. The number of benzene rings is 1. The zero-order valence-electron chi connectivity index (χ0n) is 11.2. The second-order valence-electron chi connectivity index (χ2n) is 4.52. The fourth-order valence-corrected chi connectivity index (χ4v) is 2.02. The molecule has 1 unspecified atom stereocenters. The number of carbonyl (C=O) groups is 1. The van der Waals surface area contributed by atoms with Crippen molar-refractivity contribution >= 4 is 11.5 Å². The van der Waals surface area contributed by atoms with Crippen LogP contribution in [-0.2, 0) is 0 Å². The molecule has 1 aromatic heterocycles. The highest BCUT2D eigenvalue weighted by atomic mass is 16.6. The molecule has 0 N–H and O–H groups in total. The van der Waals surface area contributed by atoms with E-state index >= 15 is 0 Å². The summed E-state index contributed by atoms with van der Waals surface area (Å²) in [7, 11) is 0. The Balaban J connectivity index is 2.44. The predicted octanol–water partition coefficient (Wildman–Crippen LogP) is 2.79. The first kappa shape index (κ1) is 14.3. The molecule has 2 rings (SSSR count). The van der Waals surface area contributed by atoms with Crippen molar-refractivity contribution < 1.29 is 9.72 Å². The van der Waals surface area contributed by atoms with E-state index in [9.17, 15) is 20.2 Å². The fraction of sp³-hybridized carbons (Fsp3) is 0.133. The van der Waals surface area contributed by atoms with Gasteiger partial charge in [0.15, 0.2) is 5.78 Å². The zero-order chi connectivity index (χ0) is 15.4. The lowest BCUT2D eigenvalue weighted by Gasteiger charge is -2.09. The van der Waals surface area contributed by atoms with E-state index in [-0.39, 0.29) is 11.3 Å². The Morgan fingerprint density at radius 2 is 2.00 bits per heavy atom. The van der Waals surface area contributed by atoms with Crippen LogP contribution in [0.1, 0.15) is 27.4 Å². The fourth-order valence-electron chi connectivity index (χ4n) is 2.02. The maximum absolute atomic E-state index is 12.4. The number of pyridine rings is 1. The van der Waals surface area contributed by atoms with Gasteiger partial charge in [-0.1, -0.05) is 0 Å². The molecule has 2 aromatic rings. The lowest BCUT2D eigenvalue weighted by molar-refractivity contribution is -0.384. The largest absolute Gasteiger partial charge is 0.292 e. The van der Waals surface area contributed by atoms with Crippen molar-refractivity contribution in [2.45, 2.75) is 12.8 Å². The van der Waals surface area contributed by atoms with E-state index in [0.717, 1.165) is 0 Å². The highest BCUT2D eigenvalue weighted by Gasteiger charge is 2.23. The topological polar surface area (TPSA) is 96.9 Å². The lowest BCUT2D eigenvalue weighted by atomic mass is 9.91. The van der Waals surface area contributed by atoms with E-state index in [1.165, 1.54) is 24.5 Å². The van der Waals surface area contributed by atoms with Gasteiger partial charge >= 0.3 is 0 Å². The Morgan fingerprint density at radius 1 is 1.33 bits per heavy atom. The first-order chi connectivity index (χ1) is 10.0. The molecule has 1 heterocycles. The third-order valence-electron chi connectivity index (χ3n) is 2.99. The van der Waals surface area contributed by atoms with Crippen molar-refractivity contribution in [3.05, 3.63) is 69.5 Å². The second kappa shape index (κ2) is 5.92. The second-order valence-corrected chi connectivity index (χ2v) is 4.52. The quantitative estimate of drug-likeness (QED) is 0.487. The summed E-state index contributed by atoms with van der Waals surface area (Å²) in [5, 5.41) is 20.1. The van der Waals surface area contributed by atoms with Crippen molar-refractivity contribution in [2.75, 3.05) is 0 Å². The molecule has 6 heteroatoms. The van der Waals surface area contributed by atoms with Crippen molar-refractivity contribution in [1.82, 2.24) is 4.98 Å². The summed E-state index contributed by atoms with van der Waals surface area (Å²) in [6.45, 7) is 1.66. The molecule has 0 spiro atoms. The van der Waals surface area contributed by atoms with Crippen LogP contribution in [0.3, 0.4) is 0 Å². The van der Waals surface area contributed by atoms with Crippen LogP contribution in [0.15, 0.2) is 42.7 Å². The summed E-state index contributed by atoms with van der Waals surface area (Å²) >= 11 is 0. The van der Waals surface area contributed by atoms with Crippen LogP contribution in [-0.4, -0.2) is 15.7 Å². The van der Waals surface area contributed by atoms with Gasteiger partial charge in [-0.15, -0.1) is 0 Å². The molecule has 1 aromatic carbocycles. The van der Waals surface area contributed by atoms with Gasteiger partial charge < -0.3 is 0 Å². The van der Waals surface area contributed by atoms with Gasteiger partial charge in [-0.2, -0.15) is 5.26 Å². The molecule has 0 saturated heterocycles. The van der Waals surface area contributed by atoms with Gasteiger partial charge in [0.25, 0.3) is 5.69 Å². The van der Waals surface area contributed by atoms with E-state index in [1.807, 2.05) is 6.07 Å². The Labute approximate surface area is 120 Å². The Hall–Kier alpha value is -3.07. The van der Waals surface area contributed by atoms with Gasteiger partial charge in [0.05, 0.1) is 11.0 Å². The van der Waals surface area contributed by atoms with Gasteiger partial charge in [-0.05, 0) is 36.2 Å². The third-order valence-corrected chi connectivity index (χ3v) is 2.99. The van der Waals surface area contributed by atoms with Gasteiger partial charge in [-0.3, -0.25) is 19.9 Å². The predicted molar refractivity (Wildman–Crippen MR) is 74.8 cm³/mol. The highest BCUT2D eigenvalue weighted by Crippen LogP contribution is 2.23. The van der Waals surface area contributed by atoms with Gasteiger partial charge in [-0.25, -0.2) is 0 Å². The molecule has 0 radical (unpaired) electrons. The standard InChI is InChI=1S/C15H11N3O3/c1-10-6-12(8-13(7-10)18(20)21)15(19)14(9-16)11-2-4-17-5-3-11/h2-8,14H,1H3. The molecular formula is C15H11N3O3. The lowest BCUT2D eigenvalue weighted by Crippen LogP contribution is -2.12. The molecule has 0 bridgehead atoms. The number of Topliss-reactive ketones (excluding diaryl/α,β-unsaturated/α-hetero) is 1. The van der Waals surface area contributed by atoms with Gasteiger partial charge in [0.1, 0.15) is 5.92 Å². The molecule has 0 aliphatic rings. The van der Waals surface area contributed by atoms with Crippen molar-refractivity contribution in [3.8, 4) is 6.07 Å². The van der Waals surface area contributed by atoms with Crippen molar-refractivity contribution in [2.24, 2.45) is 0 Å². The van der Waals surface area contributed by atoms with Crippen LogP contribution in [0.2, 0.25) is 0 Å². The number of carbonyl (C=O) groups excluding carboxylic acids is 1. The zero-order valence-corrected chi connectivity index (χ0v) is 11.2.